The third-order valence-electron chi connectivity index (χ3n) is 2.15. The van der Waals surface area contributed by atoms with Gasteiger partial charge in [-0.05, 0) is 19.3 Å². The van der Waals surface area contributed by atoms with Crippen LogP contribution in [-0.4, -0.2) is 0 Å². The Labute approximate surface area is 104 Å². The van der Waals surface area contributed by atoms with Gasteiger partial charge < -0.3 is 0 Å². The molecule has 0 aromatic carbocycles. The summed E-state index contributed by atoms with van der Waals surface area (Å²) in [6.07, 6.45) is 11.1. The molecule has 1 aliphatic rings. The molecule has 0 bridgehead atoms. The molecule has 0 aromatic heterocycles. The minimum atomic E-state index is -0.556. The summed E-state index contributed by atoms with van der Waals surface area (Å²) < 4.78 is 0. The van der Waals surface area contributed by atoms with Crippen LogP contribution in [0.2, 0.25) is 0 Å². The third-order valence-corrected chi connectivity index (χ3v) is 2.15. The molecule has 0 saturated carbocycles. The minimum absolute atomic E-state index is 0.556. The van der Waals surface area contributed by atoms with Gasteiger partial charge in [-0.25, -0.2) is 0 Å². The molecule has 0 N–H and O–H groups in total. The van der Waals surface area contributed by atoms with Gasteiger partial charge in [-0.2, -0.15) is 0 Å². The summed E-state index contributed by atoms with van der Waals surface area (Å²) in [6, 6.07) is 0. The van der Waals surface area contributed by atoms with Gasteiger partial charge in [0, 0.05) is 0 Å². The molecule has 1 aliphatic carbocycles. The van der Waals surface area contributed by atoms with Crippen molar-refractivity contribution in [2.24, 2.45) is 0 Å². The molecule has 0 nitrogen and oxygen atoms in total. The van der Waals surface area contributed by atoms with Crippen molar-refractivity contribution in [3.63, 3.8) is 0 Å². The van der Waals surface area contributed by atoms with Crippen LogP contribution in [0.25, 0.3) is 0 Å². The number of hydrogen-bond acceptors (Lipinski definition) is 0. The molecule has 0 heterocycles. The second-order valence-electron chi connectivity index (χ2n) is 3.40. The van der Waals surface area contributed by atoms with Crippen molar-refractivity contribution in [2.75, 3.05) is 0 Å². The van der Waals surface area contributed by atoms with E-state index >= 15 is 0 Å². The summed E-state index contributed by atoms with van der Waals surface area (Å²) in [5.41, 5.74) is 3.27. The zero-order valence-corrected chi connectivity index (χ0v) is 12.0. The zero-order valence-electron chi connectivity index (χ0n) is 8.95. The molecular formula is C11H18Cl2Ti. The van der Waals surface area contributed by atoms with Crippen molar-refractivity contribution in [1.82, 2.24) is 0 Å². The maximum absolute atomic E-state index is 4.89. The summed E-state index contributed by atoms with van der Waals surface area (Å²) in [7, 11) is 9.78. The van der Waals surface area contributed by atoms with Crippen LogP contribution < -0.4 is 0 Å². The van der Waals surface area contributed by atoms with Crippen LogP contribution in [0.4, 0.5) is 0 Å². The molecule has 0 radical (unpaired) electrons. The van der Waals surface area contributed by atoms with Gasteiger partial charge in [0.05, 0.1) is 0 Å². The summed E-state index contributed by atoms with van der Waals surface area (Å²) in [4.78, 5) is 0. The van der Waals surface area contributed by atoms with Gasteiger partial charge >= 0.3 is 35.6 Å². The molecule has 0 aliphatic heterocycles. The van der Waals surface area contributed by atoms with Gasteiger partial charge in [0.2, 0.25) is 0 Å². The van der Waals surface area contributed by atoms with Gasteiger partial charge in [0.15, 0.2) is 0 Å². The number of allylic oxidation sites excluding steroid dienone is 4. The Kier molecular flexibility index (Phi) is 10.9. The molecule has 0 atom stereocenters. The first-order valence-corrected chi connectivity index (χ1v) is 9.41. The fourth-order valence-electron chi connectivity index (χ4n) is 1.63. The normalized spacial score (nSPS) is 14.0. The van der Waals surface area contributed by atoms with E-state index in [0.29, 0.717) is 0 Å². The first-order valence-electron chi connectivity index (χ1n) is 5.12. The van der Waals surface area contributed by atoms with E-state index in [1.807, 2.05) is 0 Å². The van der Waals surface area contributed by atoms with E-state index in [-0.39, 0.29) is 0 Å². The summed E-state index contributed by atoms with van der Waals surface area (Å²) in [6.45, 7) is 4.50. The van der Waals surface area contributed by atoms with Crippen LogP contribution in [0.15, 0.2) is 23.3 Å². The van der Waals surface area contributed by atoms with E-state index in [0.717, 1.165) is 0 Å². The van der Waals surface area contributed by atoms with Gasteiger partial charge in [-0.15, -0.1) is 0 Å². The monoisotopic (exact) mass is 268 g/mol. The van der Waals surface area contributed by atoms with Gasteiger partial charge in [0.1, 0.15) is 0 Å². The van der Waals surface area contributed by atoms with Crippen molar-refractivity contribution in [2.45, 2.75) is 46.0 Å². The Morgan fingerprint density at radius 2 is 1.43 bits per heavy atom. The maximum atomic E-state index is 4.89. The molecular weight excluding hydrogens is 251 g/mol. The quantitative estimate of drug-likeness (QED) is 0.614. The molecule has 3 heteroatoms. The topological polar surface area (TPSA) is 0 Å². The van der Waals surface area contributed by atoms with Crippen molar-refractivity contribution in [3.05, 3.63) is 23.3 Å². The van der Waals surface area contributed by atoms with Crippen LogP contribution in [0.5, 0.6) is 0 Å². The average Bonchev–Trinajstić information content (AvgIpc) is 2.55. The zero-order chi connectivity index (χ0) is 10.8. The Morgan fingerprint density at radius 1 is 1.07 bits per heavy atom. The molecule has 0 fully saturated rings. The first-order chi connectivity index (χ1) is 6.78. The second kappa shape index (κ2) is 10.3. The van der Waals surface area contributed by atoms with Gasteiger partial charge in [-0.3, -0.25) is 0 Å². The SMILES string of the molecule is CCCC1=CC=C(CCC)C1.[Cl][Ti][Cl]. The molecule has 0 aromatic rings. The molecule has 0 amide bonds. The van der Waals surface area contributed by atoms with E-state index in [1.54, 1.807) is 11.1 Å². The van der Waals surface area contributed by atoms with Gasteiger partial charge in [-0.1, -0.05) is 50.0 Å². The van der Waals surface area contributed by atoms with Crippen molar-refractivity contribution < 1.29 is 17.0 Å². The molecule has 0 unspecified atom stereocenters. The second-order valence-corrected chi connectivity index (χ2v) is 5.98. The first kappa shape index (κ1) is 14.8. The third kappa shape index (κ3) is 7.12. The predicted molar refractivity (Wildman–Crippen MR) is 62.3 cm³/mol. The van der Waals surface area contributed by atoms with Gasteiger partial charge in [0.25, 0.3) is 0 Å². The fraction of sp³-hybridized carbons (Fsp3) is 0.636. The number of halogens is 2. The summed E-state index contributed by atoms with van der Waals surface area (Å²) in [5, 5.41) is 0. The Morgan fingerprint density at radius 3 is 1.71 bits per heavy atom. The summed E-state index contributed by atoms with van der Waals surface area (Å²) >= 11 is -0.556. The fourth-order valence-corrected chi connectivity index (χ4v) is 1.63. The molecule has 0 spiro atoms. The molecule has 0 saturated heterocycles. The number of hydrogen-bond donors (Lipinski definition) is 0. The van der Waals surface area contributed by atoms with Crippen LogP contribution in [-0.2, 0) is 17.0 Å². The molecule has 80 valence electrons. The average molecular weight is 269 g/mol. The van der Waals surface area contributed by atoms with E-state index < -0.39 is 17.0 Å². The predicted octanol–water partition coefficient (Wildman–Crippen LogP) is 5.22. The standard InChI is InChI=1S/C11H18.2ClH.Ti/c1-3-5-10-7-8-11(9-10)6-4-2;;;/h7-8H,3-6,9H2,1-2H3;2*1H;/q;;;+2/p-2. The summed E-state index contributed by atoms with van der Waals surface area (Å²) in [5.74, 6) is 0. The van der Waals surface area contributed by atoms with Crippen molar-refractivity contribution in [1.29, 1.82) is 0 Å². The Bertz CT molecular complexity index is 177. The molecule has 14 heavy (non-hydrogen) atoms. The van der Waals surface area contributed by atoms with Crippen LogP contribution >= 0.6 is 18.6 Å². The van der Waals surface area contributed by atoms with Crippen LogP contribution in [0.1, 0.15) is 46.0 Å². The Balaban J connectivity index is 0.000000500. The van der Waals surface area contributed by atoms with E-state index in [9.17, 15) is 0 Å². The van der Waals surface area contributed by atoms with Crippen LogP contribution in [0, 0.1) is 0 Å². The van der Waals surface area contributed by atoms with Crippen molar-refractivity contribution >= 4 is 18.6 Å². The molecule has 1 rings (SSSR count). The van der Waals surface area contributed by atoms with E-state index in [4.69, 9.17) is 18.6 Å². The number of rotatable bonds is 4. The van der Waals surface area contributed by atoms with E-state index in [1.165, 1.54) is 32.1 Å². The Hall–Kier alpha value is 0.774. The van der Waals surface area contributed by atoms with E-state index in [2.05, 4.69) is 26.0 Å². The van der Waals surface area contributed by atoms with Crippen molar-refractivity contribution in [3.8, 4) is 0 Å². The van der Waals surface area contributed by atoms with Crippen LogP contribution in [0.3, 0.4) is 0 Å².